The van der Waals surface area contributed by atoms with Gasteiger partial charge in [0.1, 0.15) is 11.5 Å². The predicted molar refractivity (Wildman–Crippen MR) is 68.4 cm³/mol. The molecule has 0 bridgehead atoms. The van der Waals surface area contributed by atoms with Gasteiger partial charge in [0.15, 0.2) is 0 Å². The van der Waals surface area contributed by atoms with Crippen LogP contribution >= 0.6 is 11.6 Å². The van der Waals surface area contributed by atoms with Crippen molar-refractivity contribution in [3.05, 3.63) is 58.5 Å². The molecule has 0 aliphatic heterocycles. The number of rotatable bonds is 2. The van der Waals surface area contributed by atoms with E-state index in [0.717, 1.165) is 5.76 Å². The molecule has 0 spiro atoms. The SMILES string of the molecule is Cc1ccc(C=C(C#N)c2ccccc2Cl)o1. The second kappa shape index (κ2) is 4.90. The van der Waals surface area contributed by atoms with Crippen LogP contribution in [0.2, 0.25) is 5.02 Å². The Morgan fingerprint density at radius 3 is 2.65 bits per heavy atom. The van der Waals surface area contributed by atoms with Gasteiger partial charge in [-0.15, -0.1) is 0 Å². The summed E-state index contributed by atoms with van der Waals surface area (Å²) in [6.07, 6.45) is 1.69. The lowest BCUT2D eigenvalue weighted by Crippen LogP contribution is -1.82. The van der Waals surface area contributed by atoms with Gasteiger partial charge in [-0.05, 0) is 31.2 Å². The number of aryl methyl sites for hydroxylation is 1. The Labute approximate surface area is 105 Å². The summed E-state index contributed by atoms with van der Waals surface area (Å²) in [5.74, 6) is 1.46. The molecule has 2 nitrogen and oxygen atoms in total. The van der Waals surface area contributed by atoms with E-state index in [1.165, 1.54) is 0 Å². The van der Waals surface area contributed by atoms with Crippen molar-refractivity contribution in [2.24, 2.45) is 0 Å². The Kier molecular flexibility index (Phi) is 3.32. The molecule has 0 radical (unpaired) electrons. The molecule has 0 amide bonds. The third-order valence-corrected chi connectivity index (χ3v) is 2.66. The van der Waals surface area contributed by atoms with E-state index in [9.17, 15) is 0 Å². The lowest BCUT2D eigenvalue weighted by atomic mass is 10.1. The normalized spacial score (nSPS) is 11.2. The highest BCUT2D eigenvalue weighted by Crippen LogP contribution is 2.25. The Hall–Kier alpha value is -1.98. The molecule has 1 heterocycles. The zero-order chi connectivity index (χ0) is 12.3. The van der Waals surface area contributed by atoms with Gasteiger partial charge in [0.25, 0.3) is 0 Å². The molecule has 0 unspecified atom stereocenters. The van der Waals surface area contributed by atoms with Crippen LogP contribution in [-0.2, 0) is 0 Å². The number of benzene rings is 1. The molecule has 0 N–H and O–H groups in total. The largest absolute Gasteiger partial charge is 0.462 e. The molecular formula is C14H10ClNO. The lowest BCUT2D eigenvalue weighted by Gasteiger charge is -2.00. The maximum Gasteiger partial charge on any atom is 0.128 e. The van der Waals surface area contributed by atoms with Gasteiger partial charge < -0.3 is 4.42 Å². The number of furan rings is 1. The van der Waals surface area contributed by atoms with Crippen molar-refractivity contribution in [1.82, 2.24) is 0 Å². The third kappa shape index (κ3) is 2.58. The van der Waals surface area contributed by atoms with E-state index in [-0.39, 0.29) is 0 Å². The van der Waals surface area contributed by atoms with Crippen molar-refractivity contribution in [1.29, 1.82) is 5.26 Å². The van der Waals surface area contributed by atoms with Gasteiger partial charge in [-0.1, -0.05) is 29.8 Å². The summed E-state index contributed by atoms with van der Waals surface area (Å²) in [7, 11) is 0. The van der Waals surface area contributed by atoms with Gasteiger partial charge in [0.05, 0.1) is 11.6 Å². The molecule has 84 valence electrons. The Balaban J connectivity index is 2.45. The van der Waals surface area contributed by atoms with E-state index < -0.39 is 0 Å². The smallest absolute Gasteiger partial charge is 0.128 e. The number of allylic oxidation sites excluding steroid dienone is 1. The van der Waals surface area contributed by atoms with Gasteiger partial charge in [-0.3, -0.25) is 0 Å². The van der Waals surface area contributed by atoms with E-state index in [1.54, 1.807) is 12.1 Å². The van der Waals surface area contributed by atoms with Crippen LogP contribution in [0.3, 0.4) is 0 Å². The van der Waals surface area contributed by atoms with Gasteiger partial charge in [-0.25, -0.2) is 0 Å². The predicted octanol–water partition coefficient (Wildman–Crippen LogP) is 4.31. The highest BCUT2D eigenvalue weighted by Gasteiger charge is 2.06. The van der Waals surface area contributed by atoms with E-state index >= 15 is 0 Å². The summed E-state index contributed by atoms with van der Waals surface area (Å²) in [6, 6.07) is 13.1. The average molecular weight is 244 g/mol. The first-order chi connectivity index (χ1) is 8.20. The van der Waals surface area contributed by atoms with Gasteiger partial charge in [0, 0.05) is 10.6 Å². The summed E-state index contributed by atoms with van der Waals surface area (Å²) in [4.78, 5) is 0. The second-order valence-corrected chi connectivity index (χ2v) is 4.01. The number of halogens is 1. The van der Waals surface area contributed by atoms with Crippen LogP contribution in [0.1, 0.15) is 17.1 Å². The van der Waals surface area contributed by atoms with Crippen LogP contribution in [0, 0.1) is 18.3 Å². The topological polar surface area (TPSA) is 36.9 Å². The molecule has 1 aromatic carbocycles. The first-order valence-electron chi connectivity index (χ1n) is 5.14. The van der Waals surface area contributed by atoms with Crippen LogP contribution < -0.4 is 0 Å². The molecule has 0 aliphatic carbocycles. The van der Waals surface area contributed by atoms with E-state index in [2.05, 4.69) is 6.07 Å². The Bertz CT molecular complexity index is 605. The average Bonchev–Trinajstić information content (AvgIpc) is 2.73. The molecular weight excluding hydrogens is 234 g/mol. The molecule has 17 heavy (non-hydrogen) atoms. The van der Waals surface area contributed by atoms with Gasteiger partial charge in [0.2, 0.25) is 0 Å². The van der Waals surface area contributed by atoms with Crippen molar-refractivity contribution in [3.8, 4) is 6.07 Å². The van der Waals surface area contributed by atoms with Crippen LogP contribution in [0.4, 0.5) is 0 Å². The molecule has 3 heteroatoms. The lowest BCUT2D eigenvalue weighted by molar-refractivity contribution is 0.525. The molecule has 0 atom stereocenters. The molecule has 0 saturated heterocycles. The fraction of sp³-hybridized carbons (Fsp3) is 0.0714. The van der Waals surface area contributed by atoms with Gasteiger partial charge >= 0.3 is 0 Å². The summed E-state index contributed by atoms with van der Waals surface area (Å²) >= 11 is 6.05. The maximum absolute atomic E-state index is 9.15. The maximum atomic E-state index is 9.15. The molecule has 2 aromatic rings. The number of nitriles is 1. The first kappa shape index (κ1) is 11.5. The summed E-state index contributed by atoms with van der Waals surface area (Å²) in [5.41, 5.74) is 1.20. The van der Waals surface area contributed by atoms with Crippen molar-refractivity contribution in [2.45, 2.75) is 6.92 Å². The summed E-state index contributed by atoms with van der Waals surface area (Å²) in [6.45, 7) is 1.86. The minimum Gasteiger partial charge on any atom is -0.462 e. The minimum absolute atomic E-state index is 0.491. The molecule has 0 fully saturated rings. The Morgan fingerprint density at radius 2 is 2.06 bits per heavy atom. The van der Waals surface area contributed by atoms with Gasteiger partial charge in [-0.2, -0.15) is 5.26 Å². The first-order valence-corrected chi connectivity index (χ1v) is 5.51. The Morgan fingerprint density at radius 1 is 1.29 bits per heavy atom. The molecule has 0 aliphatic rings. The highest BCUT2D eigenvalue weighted by molar-refractivity contribution is 6.32. The van der Waals surface area contributed by atoms with Crippen LogP contribution in [0.15, 0.2) is 40.8 Å². The van der Waals surface area contributed by atoms with E-state index in [1.807, 2.05) is 37.3 Å². The number of hydrogen-bond acceptors (Lipinski definition) is 2. The zero-order valence-electron chi connectivity index (χ0n) is 9.27. The standard InChI is InChI=1S/C14H10ClNO/c1-10-6-7-12(17-10)8-11(9-16)13-4-2-3-5-14(13)15/h2-8H,1H3. The van der Waals surface area contributed by atoms with Crippen LogP contribution in [0.5, 0.6) is 0 Å². The van der Waals surface area contributed by atoms with E-state index in [0.29, 0.717) is 21.9 Å². The second-order valence-electron chi connectivity index (χ2n) is 3.60. The minimum atomic E-state index is 0.491. The van der Waals surface area contributed by atoms with Crippen LogP contribution in [0.25, 0.3) is 11.6 Å². The monoisotopic (exact) mass is 243 g/mol. The molecule has 0 saturated carbocycles. The fourth-order valence-corrected chi connectivity index (χ4v) is 1.76. The summed E-state index contributed by atoms with van der Waals surface area (Å²) < 4.78 is 5.41. The quantitative estimate of drug-likeness (QED) is 0.737. The highest BCUT2D eigenvalue weighted by atomic mass is 35.5. The number of hydrogen-bond donors (Lipinski definition) is 0. The number of nitrogens with zero attached hydrogens (tertiary/aromatic N) is 1. The molecule has 1 aromatic heterocycles. The van der Waals surface area contributed by atoms with E-state index in [4.69, 9.17) is 21.3 Å². The molecule has 2 rings (SSSR count). The van der Waals surface area contributed by atoms with Crippen LogP contribution in [-0.4, -0.2) is 0 Å². The summed E-state index contributed by atoms with van der Waals surface area (Å²) in [5, 5.41) is 9.71. The third-order valence-electron chi connectivity index (χ3n) is 2.33. The van der Waals surface area contributed by atoms with Crippen molar-refractivity contribution < 1.29 is 4.42 Å². The zero-order valence-corrected chi connectivity index (χ0v) is 10.0. The fourth-order valence-electron chi connectivity index (χ4n) is 1.52. The van der Waals surface area contributed by atoms with Crippen molar-refractivity contribution >= 4 is 23.3 Å². The van der Waals surface area contributed by atoms with Crippen molar-refractivity contribution in [3.63, 3.8) is 0 Å². The van der Waals surface area contributed by atoms with Crippen molar-refractivity contribution in [2.75, 3.05) is 0 Å².